The molecule has 0 saturated carbocycles. The zero-order chi connectivity index (χ0) is 12.0. The maximum absolute atomic E-state index is 11.1. The van der Waals surface area contributed by atoms with E-state index in [0.29, 0.717) is 13.1 Å². The second-order valence-electron chi connectivity index (χ2n) is 3.18. The first-order chi connectivity index (χ1) is 7.63. The predicted octanol–water partition coefficient (Wildman–Crippen LogP) is -1.08. The Labute approximate surface area is 92.5 Å². The van der Waals surface area contributed by atoms with Crippen LogP contribution in [0.1, 0.15) is 10.5 Å². The fourth-order valence-corrected chi connectivity index (χ4v) is 1.14. The molecular weight excluding hydrogens is 212 g/mol. The number of carboxylic acids is 1. The molecule has 0 aromatic carbocycles. The van der Waals surface area contributed by atoms with Crippen LogP contribution in [0.4, 0.5) is 0 Å². The molecule has 0 unspecified atom stereocenters. The average molecular weight is 226 g/mol. The summed E-state index contributed by atoms with van der Waals surface area (Å²) in [5, 5.41) is 14.0. The van der Waals surface area contributed by atoms with E-state index in [4.69, 9.17) is 5.11 Å². The van der Waals surface area contributed by atoms with E-state index in [2.05, 4.69) is 15.6 Å². The first-order valence-electron chi connectivity index (χ1n) is 4.80. The highest BCUT2D eigenvalue weighted by atomic mass is 16.4. The van der Waals surface area contributed by atoms with Crippen LogP contribution in [0.15, 0.2) is 12.5 Å². The number of carbonyl (C=O) groups excluding carboxylic acids is 1. The molecule has 0 saturated heterocycles. The van der Waals surface area contributed by atoms with Gasteiger partial charge in [-0.3, -0.25) is 4.79 Å². The van der Waals surface area contributed by atoms with Crippen molar-refractivity contribution >= 4 is 11.9 Å². The summed E-state index contributed by atoms with van der Waals surface area (Å²) in [5.74, 6) is -1.15. The topological polar surface area (TPSA) is 96.3 Å². The number of aromatic nitrogens is 2. The molecule has 7 nitrogen and oxygen atoms in total. The Morgan fingerprint density at radius 2 is 2.31 bits per heavy atom. The smallest absolute Gasteiger partial charge is 0.356 e. The standard InChI is InChI=1S/C9H14N4O3/c1-10-4-8(14)11-2-3-13-5-7(9(15)16)12-6-13/h5-6,10H,2-4H2,1H3,(H,11,14)(H,15,16). The number of nitrogens with zero attached hydrogens (tertiary/aromatic N) is 2. The third-order valence-electron chi connectivity index (χ3n) is 1.88. The minimum absolute atomic E-state index is 0.00144. The van der Waals surface area contributed by atoms with E-state index in [-0.39, 0.29) is 18.1 Å². The van der Waals surface area contributed by atoms with Gasteiger partial charge < -0.3 is 20.3 Å². The molecule has 0 aliphatic rings. The summed E-state index contributed by atoms with van der Waals surface area (Å²) in [7, 11) is 1.69. The van der Waals surface area contributed by atoms with Gasteiger partial charge in [-0.25, -0.2) is 9.78 Å². The van der Waals surface area contributed by atoms with Gasteiger partial charge in [-0.05, 0) is 7.05 Å². The maximum atomic E-state index is 11.1. The van der Waals surface area contributed by atoms with Gasteiger partial charge in [0, 0.05) is 19.3 Å². The first kappa shape index (κ1) is 12.2. The Morgan fingerprint density at radius 1 is 1.56 bits per heavy atom. The Kier molecular flexibility index (Phi) is 4.46. The zero-order valence-electron chi connectivity index (χ0n) is 8.93. The molecule has 0 bridgehead atoms. The lowest BCUT2D eigenvalue weighted by atomic mass is 10.5. The molecule has 0 aliphatic carbocycles. The molecule has 1 aromatic heterocycles. The third-order valence-corrected chi connectivity index (χ3v) is 1.88. The highest BCUT2D eigenvalue weighted by molar-refractivity contribution is 5.84. The Hall–Kier alpha value is -1.89. The molecule has 88 valence electrons. The fraction of sp³-hybridized carbons (Fsp3) is 0.444. The van der Waals surface area contributed by atoms with Gasteiger partial charge in [0.1, 0.15) is 0 Å². The number of hydrogen-bond donors (Lipinski definition) is 3. The van der Waals surface area contributed by atoms with E-state index in [1.54, 1.807) is 11.6 Å². The maximum Gasteiger partial charge on any atom is 0.356 e. The normalized spacial score (nSPS) is 10.1. The Bertz CT molecular complexity index is 375. The van der Waals surface area contributed by atoms with Crippen LogP contribution in [0.25, 0.3) is 0 Å². The van der Waals surface area contributed by atoms with Crippen molar-refractivity contribution in [2.75, 3.05) is 20.1 Å². The molecule has 1 rings (SSSR count). The van der Waals surface area contributed by atoms with Crippen molar-refractivity contribution in [1.29, 1.82) is 0 Å². The van der Waals surface area contributed by atoms with Crippen LogP contribution in [0.5, 0.6) is 0 Å². The van der Waals surface area contributed by atoms with Crippen LogP contribution in [0.3, 0.4) is 0 Å². The van der Waals surface area contributed by atoms with Gasteiger partial charge >= 0.3 is 5.97 Å². The minimum atomic E-state index is -1.06. The number of rotatable bonds is 6. The number of amides is 1. The lowest BCUT2D eigenvalue weighted by Gasteiger charge is -2.04. The number of carbonyl (C=O) groups is 2. The molecule has 7 heteroatoms. The van der Waals surface area contributed by atoms with Crippen molar-refractivity contribution in [3.8, 4) is 0 Å². The molecule has 0 radical (unpaired) electrons. The second kappa shape index (κ2) is 5.86. The van der Waals surface area contributed by atoms with E-state index in [1.807, 2.05) is 0 Å². The Morgan fingerprint density at radius 3 is 2.88 bits per heavy atom. The lowest BCUT2D eigenvalue weighted by Crippen LogP contribution is -2.34. The molecule has 0 aliphatic heterocycles. The average Bonchev–Trinajstić information content (AvgIpc) is 2.67. The van der Waals surface area contributed by atoms with Gasteiger partial charge in [-0.1, -0.05) is 0 Å². The fourth-order valence-electron chi connectivity index (χ4n) is 1.14. The van der Waals surface area contributed by atoms with E-state index >= 15 is 0 Å². The molecule has 0 fully saturated rings. The van der Waals surface area contributed by atoms with Crippen LogP contribution in [-0.2, 0) is 11.3 Å². The Balaban J connectivity index is 2.32. The largest absolute Gasteiger partial charge is 0.476 e. The van der Waals surface area contributed by atoms with Crippen molar-refractivity contribution in [1.82, 2.24) is 20.2 Å². The van der Waals surface area contributed by atoms with Crippen molar-refractivity contribution < 1.29 is 14.7 Å². The van der Waals surface area contributed by atoms with Crippen LogP contribution in [0.2, 0.25) is 0 Å². The third kappa shape index (κ3) is 3.70. The number of imidazole rings is 1. The molecule has 1 heterocycles. The van der Waals surface area contributed by atoms with Crippen molar-refractivity contribution in [2.24, 2.45) is 0 Å². The number of likely N-dealkylation sites (N-methyl/N-ethyl adjacent to an activating group) is 1. The van der Waals surface area contributed by atoms with Gasteiger partial charge in [0.05, 0.1) is 12.9 Å². The van der Waals surface area contributed by atoms with E-state index in [1.165, 1.54) is 12.5 Å². The SMILES string of the molecule is CNCC(=O)NCCn1cnc(C(=O)O)c1. The van der Waals surface area contributed by atoms with Crippen LogP contribution in [-0.4, -0.2) is 46.7 Å². The van der Waals surface area contributed by atoms with Gasteiger partial charge in [-0.15, -0.1) is 0 Å². The highest BCUT2D eigenvalue weighted by Crippen LogP contribution is 1.95. The van der Waals surface area contributed by atoms with Gasteiger partial charge in [0.25, 0.3) is 0 Å². The van der Waals surface area contributed by atoms with Gasteiger partial charge in [0.2, 0.25) is 5.91 Å². The summed E-state index contributed by atoms with van der Waals surface area (Å²) >= 11 is 0. The summed E-state index contributed by atoms with van der Waals surface area (Å²) in [5.41, 5.74) is 0.00144. The zero-order valence-corrected chi connectivity index (χ0v) is 8.93. The monoisotopic (exact) mass is 226 g/mol. The van der Waals surface area contributed by atoms with Gasteiger partial charge in [0.15, 0.2) is 5.69 Å². The summed E-state index contributed by atoms with van der Waals surface area (Å²) < 4.78 is 1.61. The molecular formula is C9H14N4O3. The second-order valence-corrected chi connectivity index (χ2v) is 3.18. The summed E-state index contributed by atoms with van der Waals surface area (Å²) in [4.78, 5) is 25.3. The molecule has 0 spiro atoms. The summed E-state index contributed by atoms with van der Waals surface area (Å²) in [6.45, 7) is 1.20. The van der Waals surface area contributed by atoms with E-state index < -0.39 is 5.97 Å². The van der Waals surface area contributed by atoms with Crippen molar-refractivity contribution in [2.45, 2.75) is 6.54 Å². The highest BCUT2D eigenvalue weighted by Gasteiger charge is 2.06. The number of aromatic carboxylic acids is 1. The molecule has 3 N–H and O–H groups in total. The number of nitrogens with one attached hydrogen (secondary N) is 2. The molecule has 1 amide bonds. The molecule has 16 heavy (non-hydrogen) atoms. The van der Waals surface area contributed by atoms with E-state index in [9.17, 15) is 9.59 Å². The molecule has 0 atom stereocenters. The first-order valence-corrected chi connectivity index (χ1v) is 4.80. The van der Waals surface area contributed by atoms with Crippen LogP contribution >= 0.6 is 0 Å². The van der Waals surface area contributed by atoms with Gasteiger partial charge in [-0.2, -0.15) is 0 Å². The summed E-state index contributed by atoms with van der Waals surface area (Å²) in [6.07, 6.45) is 2.85. The molecule has 1 aromatic rings. The predicted molar refractivity (Wildman–Crippen MR) is 56.1 cm³/mol. The number of hydrogen-bond acceptors (Lipinski definition) is 4. The minimum Gasteiger partial charge on any atom is -0.476 e. The van der Waals surface area contributed by atoms with Crippen LogP contribution in [0, 0.1) is 0 Å². The van der Waals surface area contributed by atoms with Crippen LogP contribution < -0.4 is 10.6 Å². The number of carboxylic acid groups (broad SMARTS) is 1. The van der Waals surface area contributed by atoms with E-state index in [0.717, 1.165) is 0 Å². The quantitative estimate of drug-likeness (QED) is 0.573. The summed E-state index contributed by atoms with van der Waals surface area (Å²) in [6, 6.07) is 0. The lowest BCUT2D eigenvalue weighted by molar-refractivity contribution is -0.120. The van der Waals surface area contributed by atoms with Crippen molar-refractivity contribution in [3.63, 3.8) is 0 Å². The van der Waals surface area contributed by atoms with Crippen molar-refractivity contribution in [3.05, 3.63) is 18.2 Å².